The molecule has 1 fully saturated rings. The summed E-state index contributed by atoms with van der Waals surface area (Å²) < 4.78 is 39.6. The van der Waals surface area contributed by atoms with Gasteiger partial charge in [-0.15, -0.1) is 0 Å². The molecule has 0 bridgehead atoms. The number of halogens is 4. The Hall–Kier alpha value is -4.79. The number of benzene rings is 1. The molecule has 0 saturated carbocycles. The number of Topliss-reactive ketones (excluding diaryl/α,β-unsaturated/α-hetero) is 1. The number of carbonyl (C=O) groups excluding carboxylic acids is 3. The van der Waals surface area contributed by atoms with Crippen molar-refractivity contribution in [3.8, 4) is 5.75 Å². The van der Waals surface area contributed by atoms with Crippen LogP contribution in [-0.4, -0.2) is 91.7 Å². The van der Waals surface area contributed by atoms with Crippen molar-refractivity contribution in [1.82, 2.24) is 29.7 Å². The number of nitrogens with one attached hydrogen (secondary N) is 1. The first kappa shape index (κ1) is 35.5. The van der Waals surface area contributed by atoms with Gasteiger partial charge in [-0.25, -0.2) is 15.0 Å². The molecular weight excluding hydrogens is 665 g/mol. The van der Waals surface area contributed by atoms with E-state index in [1.165, 1.54) is 12.5 Å². The van der Waals surface area contributed by atoms with E-state index in [0.29, 0.717) is 29.2 Å². The van der Waals surface area contributed by atoms with Gasteiger partial charge >= 0.3 is 6.18 Å². The van der Waals surface area contributed by atoms with Crippen molar-refractivity contribution < 1.29 is 32.7 Å². The highest BCUT2D eigenvalue weighted by Crippen LogP contribution is 2.43. The zero-order valence-electron chi connectivity index (χ0n) is 27.8. The average Bonchev–Trinajstić information content (AvgIpc) is 3.03. The predicted octanol–water partition coefficient (Wildman–Crippen LogP) is 5.23. The highest BCUT2D eigenvalue weighted by atomic mass is 35.5. The van der Waals surface area contributed by atoms with Crippen LogP contribution in [0, 0.1) is 6.92 Å². The minimum Gasteiger partial charge on any atom is -0.504 e. The van der Waals surface area contributed by atoms with Gasteiger partial charge in [0.05, 0.1) is 45.1 Å². The highest BCUT2D eigenvalue weighted by Gasteiger charge is 2.45. The van der Waals surface area contributed by atoms with Gasteiger partial charge in [-0.05, 0) is 51.0 Å². The van der Waals surface area contributed by atoms with Gasteiger partial charge in [0.2, 0.25) is 11.7 Å². The van der Waals surface area contributed by atoms with Gasteiger partial charge in [-0.3, -0.25) is 19.4 Å². The number of fused-ring (bicyclic) bond motifs is 1. The predicted molar refractivity (Wildman–Crippen MR) is 176 cm³/mol. The van der Waals surface area contributed by atoms with E-state index in [0.717, 1.165) is 18.2 Å². The molecule has 1 atom stereocenters. The van der Waals surface area contributed by atoms with Gasteiger partial charge < -0.3 is 25.1 Å². The van der Waals surface area contributed by atoms with Gasteiger partial charge in [0.15, 0.2) is 11.4 Å². The number of amides is 2. The molecule has 1 unspecified atom stereocenters. The number of hydrogen-bond acceptors (Lipinski definition) is 10. The van der Waals surface area contributed by atoms with Crippen molar-refractivity contribution in [1.29, 1.82) is 0 Å². The molecule has 1 saturated heterocycles. The smallest absolute Gasteiger partial charge is 0.416 e. The van der Waals surface area contributed by atoms with Gasteiger partial charge in [-0.1, -0.05) is 18.5 Å². The topological polar surface area (TPSA) is 145 Å². The third kappa shape index (κ3) is 6.89. The maximum Gasteiger partial charge on any atom is 0.416 e. The number of aromatic hydroxyl groups is 1. The number of carbonyl (C=O) groups is 3. The molecule has 2 aliphatic rings. The molecule has 260 valence electrons. The second-order valence-electron chi connectivity index (χ2n) is 12.8. The number of allylic oxidation sites excluding steroid dienone is 2. The summed E-state index contributed by atoms with van der Waals surface area (Å²) in [7, 11) is 3.51. The number of alkyl halides is 3. The number of ketones is 1. The van der Waals surface area contributed by atoms with Gasteiger partial charge in [0, 0.05) is 46.1 Å². The number of nitrogens with zero attached hydrogens (tertiary/aromatic N) is 7. The van der Waals surface area contributed by atoms with E-state index >= 15 is 0 Å². The second-order valence-corrected chi connectivity index (χ2v) is 13.2. The maximum absolute atomic E-state index is 14.4. The zero-order chi connectivity index (χ0) is 36.0. The summed E-state index contributed by atoms with van der Waals surface area (Å²) in [4.78, 5) is 63.7. The van der Waals surface area contributed by atoms with Crippen molar-refractivity contribution in [2.75, 3.05) is 43.9 Å². The van der Waals surface area contributed by atoms with E-state index in [1.807, 2.05) is 25.7 Å². The summed E-state index contributed by atoms with van der Waals surface area (Å²) in [5, 5.41) is 12.8. The van der Waals surface area contributed by atoms with Crippen LogP contribution in [-0.2, 0) is 11.0 Å². The summed E-state index contributed by atoms with van der Waals surface area (Å²) in [5.41, 5.74) is -0.204. The first-order chi connectivity index (χ1) is 22.9. The van der Waals surface area contributed by atoms with E-state index < -0.39 is 35.0 Å². The van der Waals surface area contributed by atoms with Crippen molar-refractivity contribution in [3.63, 3.8) is 0 Å². The number of aromatic nitrogens is 4. The van der Waals surface area contributed by atoms with E-state index in [9.17, 15) is 32.7 Å². The van der Waals surface area contributed by atoms with E-state index in [2.05, 4.69) is 25.3 Å². The molecule has 3 heterocycles. The van der Waals surface area contributed by atoms with Crippen LogP contribution < -0.4 is 10.2 Å². The van der Waals surface area contributed by atoms with Crippen molar-refractivity contribution in [2.45, 2.75) is 58.2 Å². The third-order valence-electron chi connectivity index (χ3n) is 8.74. The first-order valence-corrected chi connectivity index (χ1v) is 15.9. The Labute approximate surface area is 286 Å². The molecule has 3 aromatic rings. The van der Waals surface area contributed by atoms with Crippen LogP contribution in [0.5, 0.6) is 5.75 Å². The minimum atomic E-state index is -4.60. The van der Waals surface area contributed by atoms with E-state index in [4.69, 9.17) is 11.6 Å². The van der Waals surface area contributed by atoms with E-state index in [-0.39, 0.29) is 65.4 Å². The maximum atomic E-state index is 14.4. The fourth-order valence-corrected chi connectivity index (χ4v) is 6.47. The van der Waals surface area contributed by atoms with Gasteiger partial charge in [-0.2, -0.15) is 13.2 Å². The Kier molecular flexibility index (Phi) is 9.61. The summed E-state index contributed by atoms with van der Waals surface area (Å²) in [6.45, 7) is 7.82. The van der Waals surface area contributed by atoms with Crippen LogP contribution in [0.15, 0.2) is 42.0 Å². The Balaban J connectivity index is 1.50. The van der Waals surface area contributed by atoms with Crippen molar-refractivity contribution >= 4 is 40.7 Å². The molecule has 49 heavy (non-hydrogen) atoms. The van der Waals surface area contributed by atoms with Crippen LogP contribution in [0.25, 0.3) is 0 Å². The molecule has 5 rings (SSSR count). The van der Waals surface area contributed by atoms with Crippen LogP contribution in [0.3, 0.4) is 0 Å². The molecule has 0 spiro atoms. The standard InChI is InChI=1S/C33H36ClF3N8O4/c1-7-19-20(13-24(46)41-22-9-8-18(12-21(22)34)33(35,36)37)25-26(42-23(14-38-25)43(5)6)30(48)28(19)45-11-10-44(15-32(45,3)4)31(49)27-29(47)17(2)39-16-40-27/h8-9,12,14,16,20,47H,7,10-11,13,15H2,1-6H3,(H,41,46). The molecule has 1 aromatic carbocycles. The Bertz CT molecular complexity index is 1860. The fourth-order valence-electron chi connectivity index (χ4n) is 6.24. The lowest BCUT2D eigenvalue weighted by molar-refractivity contribution is -0.137. The summed E-state index contributed by atoms with van der Waals surface area (Å²) in [6.07, 6.45) is -1.72. The molecule has 1 aliphatic carbocycles. The van der Waals surface area contributed by atoms with Crippen molar-refractivity contribution in [2.24, 2.45) is 0 Å². The normalized spacial score (nSPS) is 17.6. The summed E-state index contributed by atoms with van der Waals surface area (Å²) in [5.74, 6) is -1.97. The number of aryl methyl sites for hydroxylation is 1. The molecule has 16 heteroatoms. The van der Waals surface area contributed by atoms with Crippen LogP contribution in [0.1, 0.15) is 77.5 Å². The monoisotopic (exact) mass is 700 g/mol. The fraction of sp³-hybridized carbons (Fsp3) is 0.424. The SMILES string of the molecule is CCC1=C(N2CCN(C(=O)c3ncnc(C)c3O)CC2(C)C)C(=O)c2nc(N(C)C)cnc2C1CC(=O)Nc1ccc(C(F)(F)F)cc1Cl. The largest absolute Gasteiger partial charge is 0.504 e. The quantitative estimate of drug-likeness (QED) is 0.336. The van der Waals surface area contributed by atoms with E-state index in [1.54, 1.807) is 30.8 Å². The lowest BCUT2D eigenvalue weighted by Gasteiger charge is -2.50. The Morgan fingerprint density at radius 3 is 2.49 bits per heavy atom. The van der Waals surface area contributed by atoms with Gasteiger partial charge in [0.25, 0.3) is 5.91 Å². The minimum absolute atomic E-state index is 0.00917. The lowest BCUT2D eigenvalue weighted by Crippen LogP contribution is -2.61. The number of hydrogen-bond donors (Lipinski definition) is 2. The van der Waals surface area contributed by atoms with Crippen LogP contribution >= 0.6 is 11.6 Å². The van der Waals surface area contributed by atoms with Gasteiger partial charge in [0.1, 0.15) is 17.8 Å². The zero-order valence-corrected chi connectivity index (χ0v) is 28.6. The summed E-state index contributed by atoms with van der Waals surface area (Å²) in [6, 6.07) is 2.67. The first-order valence-electron chi connectivity index (χ1n) is 15.5. The molecule has 12 nitrogen and oxygen atoms in total. The Morgan fingerprint density at radius 1 is 1.16 bits per heavy atom. The molecular formula is C33H36ClF3N8O4. The summed E-state index contributed by atoms with van der Waals surface area (Å²) >= 11 is 6.12. The highest BCUT2D eigenvalue weighted by molar-refractivity contribution is 6.33. The molecule has 2 amide bonds. The molecule has 1 aliphatic heterocycles. The Morgan fingerprint density at radius 2 is 1.88 bits per heavy atom. The lowest BCUT2D eigenvalue weighted by atomic mass is 9.79. The number of rotatable bonds is 7. The van der Waals surface area contributed by atoms with Crippen molar-refractivity contribution in [3.05, 3.63) is 75.4 Å². The number of anilines is 2. The average molecular weight is 701 g/mol. The number of piperazine rings is 1. The van der Waals surface area contributed by atoms with Crippen LogP contribution in [0.2, 0.25) is 5.02 Å². The third-order valence-corrected chi connectivity index (χ3v) is 9.05. The molecule has 2 aromatic heterocycles. The second kappa shape index (κ2) is 13.3. The molecule has 2 N–H and O–H groups in total. The van der Waals surface area contributed by atoms with Crippen LogP contribution in [0.4, 0.5) is 24.7 Å². The molecule has 0 radical (unpaired) electrons.